The lowest BCUT2D eigenvalue weighted by atomic mass is 10.2. The van der Waals surface area contributed by atoms with Crippen LogP contribution in [0.1, 0.15) is 30.7 Å². The normalized spacial score (nSPS) is 14.8. The van der Waals surface area contributed by atoms with Crippen LogP contribution >= 0.6 is 0 Å². The summed E-state index contributed by atoms with van der Waals surface area (Å²) in [5.41, 5.74) is 2.05. The van der Waals surface area contributed by atoms with Crippen molar-refractivity contribution in [2.75, 3.05) is 20.3 Å². The Labute approximate surface area is 109 Å². The molecule has 0 radical (unpaired) electrons. The quantitative estimate of drug-likeness (QED) is 0.717. The first-order chi connectivity index (χ1) is 8.79. The second kappa shape index (κ2) is 6.71. The van der Waals surface area contributed by atoms with E-state index in [1.54, 1.807) is 7.11 Å². The molecular formula is C14H22N2O2. The Kier molecular flexibility index (Phi) is 4.96. The summed E-state index contributed by atoms with van der Waals surface area (Å²) in [6.07, 6.45) is 3.48. The zero-order valence-corrected chi connectivity index (χ0v) is 11.2. The lowest BCUT2D eigenvalue weighted by Gasteiger charge is -2.12. The van der Waals surface area contributed by atoms with Crippen LogP contribution < -0.4 is 10.1 Å². The first kappa shape index (κ1) is 13.3. The summed E-state index contributed by atoms with van der Waals surface area (Å²) in [5, 5.41) is 3.47. The van der Waals surface area contributed by atoms with Gasteiger partial charge in [-0.1, -0.05) is 0 Å². The molecular weight excluding hydrogens is 228 g/mol. The number of nitrogens with one attached hydrogen (secondary N) is 1. The Balaban J connectivity index is 1.88. The van der Waals surface area contributed by atoms with Crippen molar-refractivity contribution in [3.63, 3.8) is 0 Å². The topological polar surface area (TPSA) is 43.4 Å². The van der Waals surface area contributed by atoms with Crippen molar-refractivity contribution in [2.24, 2.45) is 0 Å². The van der Waals surface area contributed by atoms with E-state index < -0.39 is 0 Å². The van der Waals surface area contributed by atoms with Crippen LogP contribution in [0.25, 0.3) is 0 Å². The molecule has 0 unspecified atom stereocenters. The number of aryl methyl sites for hydroxylation is 1. The van der Waals surface area contributed by atoms with Crippen LogP contribution in [-0.2, 0) is 11.3 Å². The summed E-state index contributed by atoms with van der Waals surface area (Å²) in [7, 11) is 1.71. The summed E-state index contributed by atoms with van der Waals surface area (Å²) < 4.78 is 10.8. The highest BCUT2D eigenvalue weighted by Gasteiger charge is 2.21. The molecule has 2 rings (SSSR count). The summed E-state index contributed by atoms with van der Waals surface area (Å²) in [5.74, 6) is 0.893. The molecule has 0 saturated heterocycles. The Morgan fingerprint density at radius 3 is 2.89 bits per heavy atom. The maximum absolute atomic E-state index is 5.76. The van der Waals surface area contributed by atoms with Crippen LogP contribution in [0.4, 0.5) is 0 Å². The number of hydrogen-bond acceptors (Lipinski definition) is 4. The Bertz CT molecular complexity index is 378. The maximum Gasteiger partial charge on any atom is 0.142 e. The molecule has 18 heavy (non-hydrogen) atoms. The molecule has 1 aliphatic rings. The predicted molar refractivity (Wildman–Crippen MR) is 70.8 cm³/mol. The second-order valence-corrected chi connectivity index (χ2v) is 4.75. The third-order valence-electron chi connectivity index (χ3n) is 2.96. The van der Waals surface area contributed by atoms with E-state index in [0.29, 0.717) is 12.6 Å². The van der Waals surface area contributed by atoms with E-state index in [-0.39, 0.29) is 0 Å². The highest BCUT2D eigenvalue weighted by atomic mass is 16.5. The third-order valence-corrected chi connectivity index (χ3v) is 2.96. The average molecular weight is 250 g/mol. The van der Waals surface area contributed by atoms with E-state index in [0.717, 1.165) is 36.7 Å². The number of hydrogen-bond donors (Lipinski definition) is 1. The van der Waals surface area contributed by atoms with E-state index >= 15 is 0 Å². The van der Waals surface area contributed by atoms with Gasteiger partial charge in [-0.05, 0) is 31.9 Å². The number of ether oxygens (including phenoxy) is 2. The fourth-order valence-electron chi connectivity index (χ4n) is 1.77. The lowest BCUT2D eigenvalue weighted by molar-refractivity contribution is 0.171. The SMILES string of the molecule is COCCCOc1ccc(C)nc1CNC1CC1. The minimum absolute atomic E-state index is 0.676. The third kappa shape index (κ3) is 4.27. The van der Waals surface area contributed by atoms with Gasteiger partial charge in [-0.15, -0.1) is 0 Å². The molecule has 1 saturated carbocycles. The van der Waals surface area contributed by atoms with Crippen LogP contribution in [0, 0.1) is 6.92 Å². The van der Waals surface area contributed by atoms with Gasteiger partial charge >= 0.3 is 0 Å². The zero-order valence-electron chi connectivity index (χ0n) is 11.2. The predicted octanol–water partition coefficient (Wildman–Crippen LogP) is 2.06. The Morgan fingerprint density at radius 1 is 1.33 bits per heavy atom. The molecule has 1 heterocycles. The molecule has 1 aromatic heterocycles. The van der Waals surface area contributed by atoms with E-state index in [1.807, 2.05) is 19.1 Å². The summed E-state index contributed by atoms with van der Waals surface area (Å²) in [6, 6.07) is 4.69. The second-order valence-electron chi connectivity index (χ2n) is 4.75. The van der Waals surface area contributed by atoms with Crippen LogP contribution in [-0.4, -0.2) is 31.3 Å². The molecule has 4 heteroatoms. The van der Waals surface area contributed by atoms with Crippen LogP contribution in [0.15, 0.2) is 12.1 Å². The van der Waals surface area contributed by atoms with Crippen LogP contribution in [0.3, 0.4) is 0 Å². The monoisotopic (exact) mass is 250 g/mol. The summed E-state index contributed by atoms with van der Waals surface area (Å²) in [4.78, 5) is 4.55. The van der Waals surface area contributed by atoms with Gasteiger partial charge in [0, 0.05) is 38.4 Å². The van der Waals surface area contributed by atoms with E-state index in [9.17, 15) is 0 Å². The van der Waals surface area contributed by atoms with Crippen molar-refractivity contribution in [1.82, 2.24) is 10.3 Å². The van der Waals surface area contributed by atoms with Gasteiger partial charge in [0.25, 0.3) is 0 Å². The molecule has 0 spiro atoms. The molecule has 0 bridgehead atoms. The van der Waals surface area contributed by atoms with Gasteiger partial charge in [0.05, 0.1) is 12.3 Å². The van der Waals surface area contributed by atoms with Crippen molar-refractivity contribution in [1.29, 1.82) is 0 Å². The van der Waals surface area contributed by atoms with Gasteiger partial charge in [-0.2, -0.15) is 0 Å². The largest absolute Gasteiger partial charge is 0.492 e. The van der Waals surface area contributed by atoms with Crippen LogP contribution in [0.2, 0.25) is 0 Å². The number of nitrogens with zero attached hydrogens (tertiary/aromatic N) is 1. The van der Waals surface area contributed by atoms with E-state index in [2.05, 4.69) is 10.3 Å². The number of pyridine rings is 1. The average Bonchev–Trinajstić information content (AvgIpc) is 3.18. The van der Waals surface area contributed by atoms with Crippen molar-refractivity contribution in [3.05, 3.63) is 23.5 Å². The van der Waals surface area contributed by atoms with Gasteiger partial charge in [0.15, 0.2) is 0 Å². The maximum atomic E-state index is 5.76. The highest BCUT2D eigenvalue weighted by molar-refractivity contribution is 5.29. The van der Waals surface area contributed by atoms with Crippen LogP contribution in [0.5, 0.6) is 5.75 Å². The summed E-state index contributed by atoms with van der Waals surface area (Å²) in [6.45, 7) is 4.21. The zero-order chi connectivity index (χ0) is 12.8. The molecule has 100 valence electrons. The standard InChI is InChI=1S/C14H22N2O2/c1-11-4-7-14(18-9-3-8-17-2)13(16-11)10-15-12-5-6-12/h4,7,12,15H,3,5-6,8-10H2,1-2H3. The van der Waals surface area contributed by atoms with Gasteiger partial charge in [-0.3, -0.25) is 4.98 Å². The van der Waals surface area contributed by atoms with Gasteiger partial charge < -0.3 is 14.8 Å². The smallest absolute Gasteiger partial charge is 0.142 e. The van der Waals surface area contributed by atoms with E-state index in [4.69, 9.17) is 9.47 Å². The molecule has 0 amide bonds. The first-order valence-corrected chi connectivity index (χ1v) is 6.61. The van der Waals surface area contributed by atoms with Gasteiger partial charge in [0.2, 0.25) is 0 Å². The Morgan fingerprint density at radius 2 is 2.17 bits per heavy atom. The van der Waals surface area contributed by atoms with Crippen molar-refractivity contribution < 1.29 is 9.47 Å². The summed E-state index contributed by atoms with van der Waals surface area (Å²) >= 11 is 0. The minimum Gasteiger partial charge on any atom is -0.492 e. The molecule has 0 atom stereocenters. The fourth-order valence-corrected chi connectivity index (χ4v) is 1.77. The first-order valence-electron chi connectivity index (χ1n) is 6.61. The molecule has 1 aliphatic carbocycles. The molecule has 0 aromatic carbocycles. The molecule has 0 aliphatic heterocycles. The number of methoxy groups -OCH3 is 1. The molecule has 1 N–H and O–H groups in total. The van der Waals surface area contributed by atoms with Crippen molar-refractivity contribution in [3.8, 4) is 5.75 Å². The number of rotatable bonds is 8. The van der Waals surface area contributed by atoms with Crippen molar-refractivity contribution in [2.45, 2.75) is 38.8 Å². The van der Waals surface area contributed by atoms with E-state index in [1.165, 1.54) is 12.8 Å². The molecule has 1 aromatic rings. The fraction of sp³-hybridized carbons (Fsp3) is 0.643. The molecule has 4 nitrogen and oxygen atoms in total. The molecule has 1 fully saturated rings. The highest BCUT2D eigenvalue weighted by Crippen LogP contribution is 2.22. The van der Waals surface area contributed by atoms with Gasteiger partial charge in [-0.25, -0.2) is 0 Å². The number of aromatic nitrogens is 1. The minimum atomic E-state index is 0.676. The Hall–Kier alpha value is -1.13. The lowest BCUT2D eigenvalue weighted by Crippen LogP contribution is -2.17. The van der Waals surface area contributed by atoms with Crippen molar-refractivity contribution >= 4 is 0 Å². The van der Waals surface area contributed by atoms with Gasteiger partial charge in [0.1, 0.15) is 5.75 Å².